The number of ether oxygens (including phenoxy) is 2. The minimum Gasteiger partial charge on any atom is -0.489 e. The zero-order chi connectivity index (χ0) is 15.2. The summed E-state index contributed by atoms with van der Waals surface area (Å²) >= 11 is 3.45. The highest BCUT2D eigenvalue weighted by Gasteiger charge is 2.16. The average Bonchev–Trinajstić information content (AvgIpc) is 2.47. The highest BCUT2D eigenvalue weighted by atomic mass is 79.9. The van der Waals surface area contributed by atoms with Gasteiger partial charge >= 0.3 is 5.97 Å². The lowest BCUT2D eigenvalue weighted by atomic mass is 10.2. The Morgan fingerprint density at radius 1 is 1.14 bits per heavy atom. The summed E-state index contributed by atoms with van der Waals surface area (Å²) in [5, 5.41) is 9.20. The van der Waals surface area contributed by atoms with E-state index in [4.69, 9.17) is 9.47 Å². The van der Waals surface area contributed by atoms with Crippen LogP contribution in [0, 0.1) is 0 Å². The molecule has 0 aromatic heterocycles. The topological polar surface area (TPSA) is 55.8 Å². The Morgan fingerprint density at radius 2 is 1.90 bits per heavy atom. The molecular weight excluding hydrogens is 336 g/mol. The van der Waals surface area contributed by atoms with Crippen LogP contribution in [0.1, 0.15) is 22.8 Å². The van der Waals surface area contributed by atoms with Crippen molar-refractivity contribution in [3.63, 3.8) is 0 Å². The number of carboxylic acid groups (broad SMARTS) is 1. The Balaban J connectivity index is 2.25. The average molecular weight is 351 g/mol. The summed E-state index contributed by atoms with van der Waals surface area (Å²) in [4.78, 5) is 11.2. The van der Waals surface area contributed by atoms with E-state index < -0.39 is 5.97 Å². The Kier molecular flexibility index (Phi) is 5.22. The molecule has 0 amide bonds. The van der Waals surface area contributed by atoms with Gasteiger partial charge in [0.2, 0.25) is 0 Å². The first-order valence-electron chi connectivity index (χ1n) is 6.48. The summed E-state index contributed by atoms with van der Waals surface area (Å²) in [6.07, 6.45) is 0. The predicted molar refractivity (Wildman–Crippen MR) is 83.0 cm³/mol. The molecule has 2 aromatic carbocycles. The van der Waals surface area contributed by atoms with Crippen molar-refractivity contribution in [1.82, 2.24) is 0 Å². The predicted octanol–water partition coefficient (Wildman–Crippen LogP) is 4.13. The van der Waals surface area contributed by atoms with Crippen LogP contribution in [0.2, 0.25) is 0 Å². The fourth-order valence-electron chi connectivity index (χ4n) is 1.86. The minimum atomic E-state index is -1.04. The van der Waals surface area contributed by atoms with Crippen LogP contribution in [0.25, 0.3) is 0 Å². The number of carboxylic acids is 1. The second kappa shape index (κ2) is 7.13. The van der Waals surface area contributed by atoms with Crippen LogP contribution in [-0.4, -0.2) is 17.7 Å². The van der Waals surface area contributed by atoms with Gasteiger partial charge in [-0.05, 0) is 25.1 Å². The number of carbonyl (C=O) groups is 1. The normalized spacial score (nSPS) is 10.2. The number of hydrogen-bond acceptors (Lipinski definition) is 3. The van der Waals surface area contributed by atoms with E-state index in [0.717, 1.165) is 10.0 Å². The molecule has 0 radical (unpaired) electrons. The van der Waals surface area contributed by atoms with Crippen LogP contribution in [-0.2, 0) is 6.61 Å². The van der Waals surface area contributed by atoms with Crippen molar-refractivity contribution in [3.8, 4) is 11.5 Å². The SMILES string of the molecule is CCOc1c(OCc2ccccc2Br)cccc1C(=O)O. The van der Waals surface area contributed by atoms with Gasteiger partial charge < -0.3 is 14.6 Å². The molecule has 2 rings (SSSR count). The van der Waals surface area contributed by atoms with E-state index in [9.17, 15) is 9.90 Å². The molecule has 5 heteroatoms. The lowest BCUT2D eigenvalue weighted by Gasteiger charge is -2.14. The molecule has 1 N–H and O–H groups in total. The van der Waals surface area contributed by atoms with Crippen molar-refractivity contribution in [2.75, 3.05) is 6.61 Å². The van der Waals surface area contributed by atoms with Gasteiger partial charge in [0.1, 0.15) is 12.2 Å². The number of rotatable bonds is 6. The first-order valence-corrected chi connectivity index (χ1v) is 7.28. The van der Waals surface area contributed by atoms with Crippen molar-refractivity contribution < 1.29 is 19.4 Å². The van der Waals surface area contributed by atoms with Crippen molar-refractivity contribution >= 4 is 21.9 Å². The highest BCUT2D eigenvalue weighted by molar-refractivity contribution is 9.10. The highest BCUT2D eigenvalue weighted by Crippen LogP contribution is 2.32. The van der Waals surface area contributed by atoms with Crippen molar-refractivity contribution in [2.45, 2.75) is 13.5 Å². The molecule has 0 aliphatic heterocycles. The van der Waals surface area contributed by atoms with Crippen LogP contribution < -0.4 is 9.47 Å². The van der Waals surface area contributed by atoms with Crippen LogP contribution in [0.4, 0.5) is 0 Å². The van der Waals surface area contributed by atoms with Crippen LogP contribution in [0.5, 0.6) is 11.5 Å². The van der Waals surface area contributed by atoms with E-state index in [1.54, 1.807) is 19.1 Å². The van der Waals surface area contributed by atoms with E-state index in [2.05, 4.69) is 15.9 Å². The number of para-hydroxylation sites is 1. The van der Waals surface area contributed by atoms with Gasteiger partial charge in [0.05, 0.1) is 6.61 Å². The second-order valence-corrected chi connectivity index (χ2v) is 5.11. The maximum absolute atomic E-state index is 11.2. The zero-order valence-corrected chi connectivity index (χ0v) is 13.1. The molecule has 4 nitrogen and oxygen atoms in total. The maximum Gasteiger partial charge on any atom is 0.339 e. The van der Waals surface area contributed by atoms with E-state index in [1.807, 2.05) is 24.3 Å². The molecule has 21 heavy (non-hydrogen) atoms. The van der Waals surface area contributed by atoms with Gasteiger partial charge in [-0.3, -0.25) is 0 Å². The summed E-state index contributed by atoms with van der Waals surface area (Å²) in [7, 11) is 0. The lowest BCUT2D eigenvalue weighted by molar-refractivity contribution is 0.0691. The first-order chi connectivity index (χ1) is 10.1. The maximum atomic E-state index is 11.2. The van der Waals surface area contributed by atoms with Gasteiger partial charge in [-0.1, -0.05) is 40.2 Å². The van der Waals surface area contributed by atoms with Gasteiger partial charge in [-0.15, -0.1) is 0 Å². The van der Waals surface area contributed by atoms with E-state index >= 15 is 0 Å². The minimum absolute atomic E-state index is 0.0986. The van der Waals surface area contributed by atoms with Gasteiger partial charge in [0.15, 0.2) is 11.5 Å². The Hall–Kier alpha value is -2.01. The van der Waals surface area contributed by atoms with Gasteiger partial charge in [0.25, 0.3) is 0 Å². The number of aromatic carboxylic acids is 1. The summed E-state index contributed by atoms with van der Waals surface area (Å²) in [5.74, 6) is -0.350. The molecule has 0 unspecified atom stereocenters. The van der Waals surface area contributed by atoms with Crippen LogP contribution >= 0.6 is 15.9 Å². The van der Waals surface area contributed by atoms with Gasteiger partial charge in [-0.2, -0.15) is 0 Å². The molecule has 0 saturated heterocycles. The second-order valence-electron chi connectivity index (χ2n) is 4.25. The quantitative estimate of drug-likeness (QED) is 0.850. The number of benzene rings is 2. The van der Waals surface area contributed by atoms with E-state index in [-0.39, 0.29) is 11.3 Å². The molecule has 0 spiro atoms. The molecule has 0 aliphatic carbocycles. The molecule has 2 aromatic rings. The number of hydrogen-bond donors (Lipinski definition) is 1. The monoisotopic (exact) mass is 350 g/mol. The molecule has 0 atom stereocenters. The van der Waals surface area contributed by atoms with Crippen molar-refractivity contribution in [1.29, 1.82) is 0 Å². The summed E-state index contributed by atoms with van der Waals surface area (Å²) in [6, 6.07) is 12.5. The third-order valence-electron chi connectivity index (χ3n) is 2.84. The first kappa shape index (κ1) is 15.4. The molecule has 110 valence electrons. The standard InChI is InChI=1S/C16H15BrO4/c1-2-20-15-12(16(18)19)7-5-9-14(15)21-10-11-6-3-4-8-13(11)17/h3-9H,2,10H2,1H3,(H,18,19). The smallest absolute Gasteiger partial charge is 0.339 e. The largest absolute Gasteiger partial charge is 0.489 e. The number of halogens is 1. The Labute approximate surface area is 131 Å². The lowest BCUT2D eigenvalue weighted by Crippen LogP contribution is -2.06. The molecule has 0 saturated carbocycles. The molecular formula is C16H15BrO4. The van der Waals surface area contributed by atoms with Gasteiger partial charge in [0, 0.05) is 10.0 Å². The molecule has 0 heterocycles. The third kappa shape index (κ3) is 3.76. The fourth-order valence-corrected chi connectivity index (χ4v) is 2.26. The molecule has 0 bridgehead atoms. The van der Waals surface area contributed by atoms with E-state index in [0.29, 0.717) is 19.0 Å². The van der Waals surface area contributed by atoms with Crippen molar-refractivity contribution in [3.05, 3.63) is 58.1 Å². The summed E-state index contributed by atoms with van der Waals surface area (Å²) in [5.41, 5.74) is 1.07. The summed E-state index contributed by atoms with van der Waals surface area (Å²) < 4.78 is 12.1. The Morgan fingerprint density at radius 3 is 2.57 bits per heavy atom. The summed E-state index contributed by atoms with van der Waals surface area (Å²) in [6.45, 7) is 2.50. The molecule has 0 fully saturated rings. The van der Waals surface area contributed by atoms with E-state index in [1.165, 1.54) is 6.07 Å². The third-order valence-corrected chi connectivity index (χ3v) is 3.61. The molecule has 0 aliphatic rings. The Bertz CT molecular complexity index is 640. The van der Waals surface area contributed by atoms with Crippen LogP contribution in [0.15, 0.2) is 46.9 Å². The zero-order valence-electron chi connectivity index (χ0n) is 11.5. The fraction of sp³-hybridized carbons (Fsp3) is 0.188. The van der Waals surface area contributed by atoms with Crippen LogP contribution in [0.3, 0.4) is 0 Å². The van der Waals surface area contributed by atoms with Crippen molar-refractivity contribution in [2.24, 2.45) is 0 Å². The van der Waals surface area contributed by atoms with Gasteiger partial charge in [-0.25, -0.2) is 4.79 Å².